The Morgan fingerprint density at radius 1 is 0.881 bits per heavy atom. The van der Waals surface area contributed by atoms with Gasteiger partial charge in [-0.05, 0) is 72.8 Å². The predicted octanol–water partition coefficient (Wildman–Crippen LogP) is 6.82. The highest BCUT2D eigenvalue weighted by molar-refractivity contribution is 7.92. The topological polar surface area (TPSA) is 78.9 Å². The molecule has 0 aromatic heterocycles. The second kappa shape index (κ2) is 12.7. The summed E-state index contributed by atoms with van der Waals surface area (Å²) in [5, 5.41) is 0.681. The monoisotopic (exact) mass is 631 g/mol. The Morgan fingerprint density at radius 3 is 2.31 bits per heavy atom. The summed E-state index contributed by atoms with van der Waals surface area (Å²) in [6, 6.07) is 20.3. The van der Waals surface area contributed by atoms with Crippen molar-refractivity contribution in [3.8, 4) is 11.5 Å². The van der Waals surface area contributed by atoms with Crippen LogP contribution >= 0.6 is 23.2 Å². The van der Waals surface area contributed by atoms with Gasteiger partial charge in [0.15, 0.2) is 0 Å². The Hall–Kier alpha value is -3.70. The van der Waals surface area contributed by atoms with Gasteiger partial charge in [-0.3, -0.25) is 14.4 Å². The van der Waals surface area contributed by atoms with Crippen molar-refractivity contribution >= 4 is 44.8 Å². The number of piperazine rings is 1. The average molecular weight is 633 g/mol. The molecule has 42 heavy (non-hydrogen) atoms. The zero-order valence-corrected chi connectivity index (χ0v) is 24.4. The number of halogens is 4. The van der Waals surface area contributed by atoms with E-state index < -0.39 is 27.6 Å². The third kappa shape index (κ3) is 7.01. The number of amides is 1. The quantitative estimate of drug-likeness (QED) is 0.231. The van der Waals surface area contributed by atoms with Crippen molar-refractivity contribution in [3.05, 3.63) is 118 Å². The van der Waals surface area contributed by atoms with E-state index in [1.54, 1.807) is 29.2 Å². The Morgan fingerprint density at radius 2 is 1.60 bits per heavy atom. The molecule has 12 heteroatoms. The fraction of sp³-hybridized carbons (Fsp3) is 0.167. The van der Waals surface area contributed by atoms with E-state index in [1.165, 1.54) is 42.5 Å². The highest BCUT2D eigenvalue weighted by Gasteiger charge is 2.26. The van der Waals surface area contributed by atoms with Gasteiger partial charge in [0.05, 0.1) is 21.2 Å². The molecule has 7 nitrogen and oxygen atoms in total. The molecule has 1 amide bonds. The van der Waals surface area contributed by atoms with Crippen LogP contribution in [0.4, 0.5) is 14.5 Å². The lowest BCUT2D eigenvalue weighted by Gasteiger charge is -2.35. The molecule has 0 radical (unpaired) electrons. The third-order valence-electron chi connectivity index (χ3n) is 6.72. The summed E-state index contributed by atoms with van der Waals surface area (Å²) in [7, 11) is -4.08. The van der Waals surface area contributed by atoms with E-state index in [-0.39, 0.29) is 33.3 Å². The number of hydrogen-bond donors (Lipinski definition) is 1. The van der Waals surface area contributed by atoms with Crippen LogP contribution in [0.15, 0.2) is 89.8 Å². The zero-order valence-electron chi connectivity index (χ0n) is 22.1. The van der Waals surface area contributed by atoms with Crippen LogP contribution in [-0.4, -0.2) is 50.3 Å². The van der Waals surface area contributed by atoms with E-state index in [9.17, 15) is 22.0 Å². The predicted molar refractivity (Wildman–Crippen MR) is 158 cm³/mol. The molecular weight excluding hydrogens is 607 g/mol. The third-order valence-corrected chi connectivity index (χ3v) is 8.64. The first-order valence-corrected chi connectivity index (χ1v) is 15.1. The van der Waals surface area contributed by atoms with Crippen molar-refractivity contribution in [2.24, 2.45) is 0 Å². The standard InChI is InChI=1S/C30H25Cl2F2N3O4S/c31-21-5-12-28(35-42(39,40)24-9-7-23(8-10-24)41-29-4-2-1-3-26(29)32)25(18-21)30(38)37-15-13-36(14-16-37)19-20-17-22(33)6-11-27(20)34/h1-12,17-18,35H,13-16,19H2. The normalized spacial score (nSPS) is 14.0. The van der Waals surface area contributed by atoms with E-state index >= 15 is 0 Å². The van der Waals surface area contributed by atoms with Crippen molar-refractivity contribution in [1.29, 1.82) is 0 Å². The number of anilines is 1. The molecule has 0 unspecified atom stereocenters. The molecule has 1 aliphatic heterocycles. The van der Waals surface area contributed by atoms with Gasteiger partial charge >= 0.3 is 0 Å². The highest BCUT2D eigenvalue weighted by Crippen LogP contribution is 2.30. The Labute approximate surface area is 252 Å². The summed E-state index contributed by atoms with van der Waals surface area (Å²) in [4.78, 5) is 16.9. The number of hydrogen-bond acceptors (Lipinski definition) is 5. The van der Waals surface area contributed by atoms with E-state index in [0.29, 0.717) is 42.7 Å². The molecule has 0 saturated carbocycles. The van der Waals surface area contributed by atoms with Gasteiger partial charge in [0.25, 0.3) is 15.9 Å². The molecule has 1 saturated heterocycles. The van der Waals surface area contributed by atoms with Crippen molar-refractivity contribution in [1.82, 2.24) is 9.80 Å². The lowest BCUT2D eigenvalue weighted by atomic mass is 10.1. The molecule has 0 bridgehead atoms. The van der Waals surface area contributed by atoms with Gasteiger partial charge in [0.2, 0.25) is 0 Å². The van der Waals surface area contributed by atoms with Gasteiger partial charge < -0.3 is 9.64 Å². The molecule has 0 spiro atoms. The number of carbonyl (C=O) groups excluding carboxylic acids is 1. The maximum Gasteiger partial charge on any atom is 0.261 e. The van der Waals surface area contributed by atoms with E-state index in [0.717, 1.165) is 18.2 Å². The molecule has 1 heterocycles. The van der Waals surface area contributed by atoms with Crippen molar-refractivity contribution in [3.63, 3.8) is 0 Å². The van der Waals surface area contributed by atoms with Gasteiger partial charge in [0.1, 0.15) is 23.1 Å². The summed E-state index contributed by atoms with van der Waals surface area (Å²) in [6.45, 7) is 1.66. The van der Waals surface area contributed by atoms with Crippen LogP contribution in [0.3, 0.4) is 0 Å². The minimum absolute atomic E-state index is 0.0412. The van der Waals surface area contributed by atoms with Gasteiger partial charge in [-0.1, -0.05) is 35.3 Å². The maximum atomic E-state index is 14.1. The molecule has 0 aliphatic carbocycles. The minimum atomic E-state index is -4.08. The average Bonchev–Trinajstić information content (AvgIpc) is 2.97. The van der Waals surface area contributed by atoms with Crippen LogP contribution in [0.25, 0.3) is 0 Å². The number of nitrogens with one attached hydrogen (secondary N) is 1. The first-order chi connectivity index (χ1) is 20.1. The fourth-order valence-corrected chi connectivity index (χ4v) is 5.94. The molecular formula is C30H25Cl2F2N3O4S. The minimum Gasteiger partial charge on any atom is -0.456 e. The lowest BCUT2D eigenvalue weighted by Crippen LogP contribution is -2.48. The lowest BCUT2D eigenvalue weighted by molar-refractivity contribution is 0.0628. The molecule has 5 rings (SSSR count). The molecule has 1 fully saturated rings. The second-order valence-electron chi connectivity index (χ2n) is 9.60. The van der Waals surface area contributed by atoms with Crippen molar-refractivity contribution < 1.29 is 26.7 Å². The molecule has 1 N–H and O–H groups in total. The number of nitrogens with zero attached hydrogens (tertiary/aromatic N) is 2. The van der Waals surface area contributed by atoms with Gasteiger partial charge in [-0.15, -0.1) is 0 Å². The number of rotatable bonds is 8. The van der Waals surface area contributed by atoms with E-state index in [2.05, 4.69) is 4.72 Å². The maximum absolute atomic E-state index is 14.1. The number of benzene rings is 4. The first kappa shape index (κ1) is 29.8. The summed E-state index contributed by atoms with van der Waals surface area (Å²) in [5.41, 5.74) is 0.407. The molecule has 1 aliphatic rings. The Kier molecular flexibility index (Phi) is 8.98. The SMILES string of the molecule is O=C(c1cc(Cl)ccc1NS(=O)(=O)c1ccc(Oc2ccccc2Cl)cc1)N1CCN(Cc2cc(F)ccc2F)CC1. The van der Waals surface area contributed by atoms with Crippen LogP contribution in [0.2, 0.25) is 10.0 Å². The zero-order chi connectivity index (χ0) is 29.9. The van der Waals surface area contributed by atoms with Crippen molar-refractivity contribution in [2.75, 3.05) is 30.9 Å². The van der Waals surface area contributed by atoms with Crippen LogP contribution in [0, 0.1) is 11.6 Å². The summed E-state index contributed by atoms with van der Waals surface area (Å²) < 4.78 is 62.3. The summed E-state index contributed by atoms with van der Waals surface area (Å²) in [5.74, 6) is -0.593. The van der Waals surface area contributed by atoms with Crippen molar-refractivity contribution in [2.45, 2.75) is 11.4 Å². The number of carbonyl (C=O) groups is 1. The van der Waals surface area contributed by atoms with Crippen LogP contribution < -0.4 is 9.46 Å². The second-order valence-corrected chi connectivity index (χ2v) is 12.1. The smallest absolute Gasteiger partial charge is 0.261 e. The molecule has 0 atom stereocenters. The van der Waals surface area contributed by atoms with Crippen LogP contribution in [-0.2, 0) is 16.6 Å². The molecule has 218 valence electrons. The van der Waals surface area contributed by atoms with Crippen LogP contribution in [0.5, 0.6) is 11.5 Å². The van der Waals surface area contributed by atoms with Crippen LogP contribution in [0.1, 0.15) is 15.9 Å². The Bertz CT molecular complexity index is 1710. The summed E-state index contributed by atoms with van der Waals surface area (Å²) in [6.07, 6.45) is 0. The van der Waals surface area contributed by atoms with Gasteiger partial charge in [-0.25, -0.2) is 17.2 Å². The number of ether oxygens (including phenoxy) is 1. The largest absolute Gasteiger partial charge is 0.456 e. The van der Waals surface area contributed by atoms with Gasteiger partial charge in [-0.2, -0.15) is 0 Å². The van der Waals surface area contributed by atoms with E-state index in [1.807, 2.05) is 4.90 Å². The van der Waals surface area contributed by atoms with E-state index in [4.69, 9.17) is 27.9 Å². The fourth-order valence-electron chi connectivity index (χ4n) is 4.51. The highest BCUT2D eigenvalue weighted by atomic mass is 35.5. The first-order valence-electron chi connectivity index (χ1n) is 12.9. The number of para-hydroxylation sites is 1. The number of sulfonamides is 1. The molecule has 4 aromatic carbocycles. The molecule has 4 aromatic rings. The van der Waals surface area contributed by atoms with Gasteiger partial charge in [0, 0.05) is 43.3 Å². The summed E-state index contributed by atoms with van der Waals surface area (Å²) >= 11 is 12.3. The Balaban J connectivity index is 1.27.